The quantitative estimate of drug-likeness (QED) is 0.793. The summed E-state index contributed by atoms with van der Waals surface area (Å²) in [5.74, 6) is -1.11. The van der Waals surface area contributed by atoms with E-state index in [0.29, 0.717) is 11.2 Å². The van der Waals surface area contributed by atoms with Crippen LogP contribution in [0.15, 0.2) is 41.5 Å². The van der Waals surface area contributed by atoms with Crippen molar-refractivity contribution in [3.8, 4) is 11.3 Å². The topological polar surface area (TPSA) is 89.5 Å². The summed E-state index contributed by atoms with van der Waals surface area (Å²) < 4.78 is 2.32. The Morgan fingerprint density at radius 3 is 2.61 bits per heavy atom. The molecule has 3 aromatic rings. The fraction of sp³-hybridized carbons (Fsp3) is 0.250. The van der Waals surface area contributed by atoms with E-state index in [-0.39, 0.29) is 0 Å². The number of carbonyl (C=O) groups is 1. The maximum Gasteiger partial charge on any atom is 0.328 e. The van der Waals surface area contributed by atoms with Crippen molar-refractivity contribution in [2.75, 3.05) is 0 Å². The van der Waals surface area contributed by atoms with Crippen LogP contribution in [-0.4, -0.2) is 30.5 Å². The summed E-state index contributed by atoms with van der Waals surface area (Å²) in [5, 5.41) is 17.3. The number of carboxylic acid groups (broad SMARTS) is 1. The van der Waals surface area contributed by atoms with Crippen LogP contribution in [0.4, 0.5) is 0 Å². The van der Waals surface area contributed by atoms with Gasteiger partial charge in [0.25, 0.3) is 5.56 Å². The number of benzene rings is 1. The smallest absolute Gasteiger partial charge is 0.328 e. The second-order valence-electron chi connectivity index (χ2n) is 5.30. The highest BCUT2D eigenvalue weighted by atomic mass is 16.4. The molecule has 0 radical (unpaired) electrons. The van der Waals surface area contributed by atoms with Crippen molar-refractivity contribution >= 4 is 11.5 Å². The number of hydrogen-bond acceptors (Lipinski definition) is 4. The van der Waals surface area contributed by atoms with E-state index in [4.69, 9.17) is 5.11 Å². The number of aryl methyl sites for hydroxylation is 1. The van der Waals surface area contributed by atoms with Crippen LogP contribution in [0.1, 0.15) is 25.5 Å². The Balaban J connectivity index is 2.10. The Kier molecular flexibility index (Phi) is 3.69. The molecule has 1 N–H and O–H groups in total. The summed E-state index contributed by atoms with van der Waals surface area (Å²) in [6, 6.07) is 8.55. The first-order chi connectivity index (χ1) is 11.0. The molecule has 0 spiro atoms. The zero-order valence-electron chi connectivity index (χ0n) is 12.8. The molecule has 0 aliphatic rings. The molecule has 0 aliphatic carbocycles. The zero-order valence-corrected chi connectivity index (χ0v) is 12.8. The Morgan fingerprint density at radius 2 is 2.00 bits per heavy atom. The van der Waals surface area contributed by atoms with Crippen molar-refractivity contribution in [2.45, 2.75) is 26.3 Å². The predicted molar refractivity (Wildman–Crippen MR) is 84.4 cm³/mol. The minimum absolute atomic E-state index is 0.294. The number of carboxylic acids is 1. The number of rotatable bonds is 4. The average Bonchev–Trinajstić information content (AvgIpc) is 3.00. The second-order valence-corrected chi connectivity index (χ2v) is 5.30. The first-order valence-electron chi connectivity index (χ1n) is 7.30. The lowest BCUT2D eigenvalue weighted by Gasteiger charge is -2.08. The lowest BCUT2D eigenvalue weighted by Crippen LogP contribution is -2.31. The molecule has 118 valence electrons. The first-order valence-corrected chi connectivity index (χ1v) is 7.30. The molecule has 0 saturated heterocycles. The monoisotopic (exact) mass is 312 g/mol. The van der Waals surface area contributed by atoms with E-state index in [0.717, 1.165) is 16.7 Å². The molecule has 1 unspecified atom stereocenters. The Morgan fingerprint density at radius 1 is 1.30 bits per heavy atom. The summed E-state index contributed by atoms with van der Waals surface area (Å²) in [6.45, 7) is 3.49. The molecule has 23 heavy (non-hydrogen) atoms. The van der Waals surface area contributed by atoms with E-state index < -0.39 is 17.6 Å². The van der Waals surface area contributed by atoms with Crippen molar-refractivity contribution < 1.29 is 9.90 Å². The molecule has 1 atom stereocenters. The van der Waals surface area contributed by atoms with Gasteiger partial charge in [-0.2, -0.15) is 10.2 Å². The van der Waals surface area contributed by atoms with Gasteiger partial charge in [-0.15, -0.1) is 0 Å². The third-order valence-corrected chi connectivity index (χ3v) is 3.83. The van der Waals surface area contributed by atoms with Crippen molar-refractivity contribution in [2.24, 2.45) is 0 Å². The molecule has 2 heterocycles. The van der Waals surface area contributed by atoms with E-state index in [2.05, 4.69) is 17.1 Å². The van der Waals surface area contributed by atoms with Gasteiger partial charge in [-0.3, -0.25) is 4.79 Å². The first kappa shape index (κ1) is 15.0. The summed E-state index contributed by atoms with van der Waals surface area (Å²) in [6.07, 6.45) is 2.30. The van der Waals surface area contributed by atoms with Crippen LogP contribution in [0.3, 0.4) is 0 Å². The Labute approximate surface area is 131 Å². The summed E-state index contributed by atoms with van der Waals surface area (Å²) in [7, 11) is 0. The fourth-order valence-corrected chi connectivity index (χ4v) is 2.35. The van der Waals surface area contributed by atoms with Gasteiger partial charge in [-0.1, -0.05) is 31.2 Å². The van der Waals surface area contributed by atoms with E-state index in [1.165, 1.54) is 23.3 Å². The molecular formula is C16H16N4O3. The highest BCUT2D eigenvalue weighted by Crippen LogP contribution is 2.19. The number of fused-ring (bicyclic) bond motifs is 1. The number of aromatic nitrogens is 4. The van der Waals surface area contributed by atoms with Gasteiger partial charge in [-0.25, -0.2) is 14.0 Å². The van der Waals surface area contributed by atoms with Crippen molar-refractivity contribution in [3.05, 3.63) is 52.6 Å². The number of hydrogen-bond donors (Lipinski definition) is 1. The third-order valence-electron chi connectivity index (χ3n) is 3.83. The lowest BCUT2D eigenvalue weighted by atomic mass is 10.1. The molecule has 0 amide bonds. The second kappa shape index (κ2) is 5.68. The van der Waals surface area contributed by atoms with Gasteiger partial charge in [0.05, 0.1) is 5.69 Å². The molecule has 0 aliphatic heterocycles. The van der Waals surface area contributed by atoms with Gasteiger partial charge >= 0.3 is 5.97 Å². The van der Waals surface area contributed by atoms with E-state index in [1.807, 2.05) is 24.3 Å². The summed E-state index contributed by atoms with van der Waals surface area (Å²) in [5.41, 5.74) is 2.57. The van der Waals surface area contributed by atoms with Gasteiger partial charge in [0, 0.05) is 5.56 Å². The van der Waals surface area contributed by atoms with Gasteiger partial charge in [0.2, 0.25) is 0 Å². The molecule has 7 heteroatoms. The van der Waals surface area contributed by atoms with Crippen molar-refractivity contribution in [3.63, 3.8) is 0 Å². The molecule has 0 bridgehead atoms. The van der Waals surface area contributed by atoms with Gasteiger partial charge in [0.1, 0.15) is 11.8 Å². The van der Waals surface area contributed by atoms with Crippen LogP contribution in [-0.2, 0) is 11.2 Å². The maximum absolute atomic E-state index is 12.4. The van der Waals surface area contributed by atoms with Gasteiger partial charge in [-0.05, 0) is 25.0 Å². The van der Waals surface area contributed by atoms with Crippen molar-refractivity contribution in [1.82, 2.24) is 19.4 Å². The Hall–Kier alpha value is -2.96. The van der Waals surface area contributed by atoms with Crippen LogP contribution in [0.5, 0.6) is 0 Å². The van der Waals surface area contributed by atoms with Crippen LogP contribution in [0, 0.1) is 0 Å². The molecule has 1 aromatic carbocycles. The predicted octanol–water partition coefficient (Wildman–Crippen LogP) is 1.77. The minimum Gasteiger partial charge on any atom is -0.480 e. The lowest BCUT2D eigenvalue weighted by molar-refractivity contribution is -0.140. The third kappa shape index (κ3) is 2.61. The summed E-state index contributed by atoms with van der Waals surface area (Å²) in [4.78, 5) is 23.4. The average molecular weight is 312 g/mol. The number of aliphatic carboxylic acids is 1. The van der Waals surface area contributed by atoms with Crippen LogP contribution < -0.4 is 5.56 Å². The summed E-state index contributed by atoms with van der Waals surface area (Å²) >= 11 is 0. The molecule has 7 nitrogen and oxygen atoms in total. The van der Waals surface area contributed by atoms with E-state index in [1.54, 1.807) is 6.07 Å². The molecule has 2 aromatic heterocycles. The zero-order chi connectivity index (χ0) is 16.6. The highest BCUT2D eigenvalue weighted by molar-refractivity contribution is 5.71. The van der Waals surface area contributed by atoms with Crippen LogP contribution >= 0.6 is 0 Å². The van der Waals surface area contributed by atoms with E-state index >= 15 is 0 Å². The largest absolute Gasteiger partial charge is 0.480 e. The SMILES string of the molecule is CCc1ccc(-c2cc3c(=O)n(C(C)C(=O)O)ncn3n2)cc1. The molecule has 0 fully saturated rings. The van der Waals surface area contributed by atoms with Gasteiger partial charge < -0.3 is 5.11 Å². The molecule has 0 saturated carbocycles. The van der Waals surface area contributed by atoms with E-state index in [9.17, 15) is 9.59 Å². The molecule has 3 rings (SSSR count). The standard InChI is InChI=1S/C16H16N4O3/c1-3-11-4-6-12(7-5-11)13-8-14-15(21)20(10(2)16(22)23)17-9-19(14)18-13/h4-10H,3H2,1-2H3,(H,22,23). The van der Waals surface area contributed by atoms with Crippen LogP contribution in [0.2, 0.25) is 0 Å². The van der Waals surface area contributed by atoms with Crippen molar-refractivity contribution in [1.29, 1.82) is 0 Å². The Bertz CT molecular complexity index is 925. The normalized spacial score (nSPS) is 12.4. The fourth-order valence-electron chi connectivity index (χ4n) is 2.35. The number of nitrogens with zero attached hydrogens (tertiary/aromatic N) is 4. The van der Waals surface area contributed by atoms with Crippen LogP contribution in [0.25, 0.3) is 16.8 Å². The minimum atomic E-state index is -1.11. The maximum atomic E-state index is 12.4. The molecular weight excluding hydrogens is 296 g/mol. The highest BCUT2D eigenvalue weighted by Gasteiger charge is 2.18. The van der Waals surface area contributed by atoms with Gasteiger partial charge in [0.15, 0.2) is 6.04 Å².